The molecule has 6 nitrogen and oxygen atoms in total. The van der Waals surface area contributed by atoms with E-state index < -0.39 is 34.7 Å². The highest BCUT2D eigenvalue weighted by molar-refractivity contribution is 7.86. The van der Waals surface area contributed by atoms with Crippen molar-refractivity contribution in [3.8, 4) is 0 Å². The molecule has 0 spiro atoms. The van der Waals surface area contributed by atoms with Crippen molar-refractivity contribution in [1.29, 1.82) is 0 Å². The number of likely N-dealkylation sites (N-methyl/N-ethyl adjacent to an activating group) is 1. The number of nitrogens with zero attached hydrogens (tertiary/aromatic N) is 1. The summed E-state index contributed by atoms with van der Waals surface area (Å²) in [7, 11) is -2.43. The predicted molar refractivity (Wildman–Crippen MR) is 88.2 cm³/mol. The first kappa shape index (κ1) is 16.6. The van der Waals surface area contributed by atoms with Crippen LogP contribution in [0.1, 0.15) is 5.56 Å². The van der Waals surface area contributed by atoms with Crippen LogP contribution in [0.2, 0.25) is 0 Å². The Labute approximate surface area is 140 Å². The molecule has 1 N–H and O–H groups in total. The highest BCUT2D eigenvalue weighted by atomic mass is 32.2. The lowest BCUT2D eigenvalue weighted by atomic mass is 9.83. The van der Waals surface area contributed by atoms with E-state index in [4.69, 9.17) is 4.18 Å². The molecule has 0 aliphatic carbocycles. The topological polar surface area (TPSA) is 83.9 Å². The monoisotopic (exact) mass is 347 g/mol. The molecule has 1 atom stereocenters. The number of fused-ring (bicyclic) bond motifs is 1. The number of anilines is 1. The lowest BCUT2D eigenvalue weighted by Gasteiger charge is -2.25. The summed E-state index contributed by atoms with van der Waals surface area (Å²) in [4.78, 5) is 14.1. The number of carbonyl (C=O) groups excluding carboxylic acids is 1. The number of benzene rings is 2. The third-order valence-corrected chi connectivity index (χ3v) is 5.53. The van der Waals surface area contributed by atoms with Gasteiger partial charge in [-0.15, -0.1) is 0 Å². The average Bonchev–Trinajstić information content (AvgIpc) is 2.83. The van der Waals surface area contributed by atoms with Crippen LogP contribution in [0.25, 0.3) is 0 Å². The molecular weight excluding hydrogens is 330 g/mol. The smallest absolute Gasteiger partial charge is 0.297 e. The van der Waals surface area contributed by atoms with Crippen LogP contribution < -0.4 is 4.90 Å². The molecule has 0 bridgehead atoms. The van der Waals surface area contributed by atoms with Crippen molar-refractivity contribution in [3.63, 3.8) is 0 Å². The highest BCUT2D eigenvalue weighted by Crippen LogP contribution is 2.41. The van der Waals surface area contributed by atoms with Crippen molar-refractivity contribution < 1.29 is 22.5 Å². The number of hydrogen-bond acceptors (Lipinski definition) is 5. The molecule has 1 unspecified atom stereocenters. The van der Waals surface area contributed by atoms with Gasteiger partial charge in [0.25, 0.3) is 10.1 Å². The molecule has 1 heterocycles. The SMILES string of the molecule is CN1C(=O)C(CO)(COS(=O)(=O)c2ccccc2)c2ccccc21. The highest BCUT2D eigenvalue weighted by Gasteiger charge is 2.50. The van der Waals surface area contributed by atoms with Gasteiger partial charge in [0.05, 0.1) is 18.1 Å². The van der Waals surface area contributed by atoms with E-state index in [0.717, 1.165) is 0 Å². The average molecular weight is 347 g/mol. The van der Waals surface area contributed by atoms with Gasteiger partial charge < -0.3 is 10.0 Å². The lowest BCUT2D eigenvalue weighted by Crippen LogP contribution is -2.45. The fourth-order valence-electron chi connectivity index (χ4n) is 2.89. The van der Waals surface area contributed by atoms with Gasteiger partial charge in [0.1, 0.15) is 5.41 Å². The molecule has 2 aromatic carbocycles. The van der Waals surface area contributed by atoms with Crippen LogP contribution in [0.3, 0.4) is 0 Å². The number of rotatable bonds is 5. The summed E-state index contributed by atoms with van der Waals surface area (Å²) in [6.45, 7) is -1.00. The first-order valence-corrected chi connectivity index (χ1v) is 8.76. The maximum Gasteiger partial charge on any atom is 0.297 e. The first-order chi connectivity index (χ1) is 11.4. The zero-order valence-electron chi connectivity index (χ0n) is 13.0. The summed E-state index contributed by atoms with van der Waals surface area (Å²) in [5, 5.41) is 9.90. The Kier molecular flexibility index (Phi) is 4.16. The van der Waals surface area contributed by atoms with Gasteiger partial charge in [-0.3, -0.25) is 8.98 Å². The Morgan fingerprint density at radius 3 is 2.38 bits per heavy atom. The van der Waals surface area contributed by atoms with E-state index in [9.17, 15) is 18.3 Å². The van der Waals surface area contributed by atoms with Gasteiger partial charge >= 0.3 is 0 Å². The molecule has 7 heteroatoms. The molecule has 1 aliphatic heterocycles. The second-order valence-corrected chi connectivity index (χ2v) is 7.27. The largest absolute Gasteiger partial charge is 0.395 e. The summed E-state index contributed by atoms with van der Waals surface area (Å²) in [5.74, 6) is -0.394. The van der Waals surface area contributed by atoms with Crippen LogP contribution in [0, 0.1) is 0 Å². The van der Waals surface area contributed by atoms with Crippen molar-refractivity contribution in [1.82, 2.24) is 0 Å². The number of carbonyl (C=O) groups is 1. The molecule has 0 saturated carbocycles. The van der Waals surface area contributed by atoms with Gasteiger partial charge in [-0.1, -0.05) is 36.4 Å². The Bertz CT molecular complexity index is 866. The maximum absolute atomic E-state index is 12.7. The predicted octanol–water partition coefficient (Wildman–Crippen LogP) is 1.30. The number of para-hydroxylation sites is 1. The van der Waals surface area contributed by atoms with Gasteiger partial charge in [-0.25, -0.2) is 0 Å². The molecule has 0 fully saturated rings. The lowest BCUT2D eigenvalue weighted by molar-refractivity contribution is -0.125. The van der Waals surface area contributed by atoms with Crippen molar-refractivity contribution in [2.45, 2.75) is 10.3 Å². The second kappa shape index (κ2) is 6.01. The van der Waals surface area contributed by atoms with Gasteiger partial charge in [-0.05, 0) is 23.8 Å². The third kappa shape index (κ3) is 2.50. The number of amides is 1. The molecule has 0 aromatic heterocycles. The standard InChI is InChI=1S/C17H17NO5S/c1-18-15-10-6-5-9-14(15)17(11-19,16(18)20)12-23-24(21,22)13-7-3-2-4-8-13/h2-10,19H,11-12H2,1H3. The van der Waals surface area contributed by atoms with Crippen LogP contribution in [-0.4, -0.2) is 39.7 Å². The normalized spacial score (nSPS) is 20.2. The molecule has 1 aliphatic rings. The van der Waals surface area contributed by atoms with Gasteiger partial charge in [-0.2, -0.15) is 8.42 Å². The van der Waals surface area contributed by atoms with E-state index >= 15 is 0 Å². The third-order valence-electron chi connectivity index (χ3n) is 4.26. The van der Waals surface area contributed by atoms with Crippen LogP contribution in [0.15, 0.2) is 59.5 Å². The van der Waals surface area contributed by atoms with E-state index in [1.807, 2.05) is 0 Å². The van der Waals surface area contributed by atoms with Crippen LogP contribution in [0.5, 0.6) is 0 Å². The van der Waals surface area contributed by atoms with E-state index in [1.54, 1.807) is 49.5 Å². The zero-order valence-corrected chi connectivity index (χ0v) is 13.9. The van der Waals surface area contributed by atoms with E-state index in [0.29, 0.717) is 11.3 Å². The van der Waals surface area contributed by atoms with Crippen molar-refractivity contribution in [3.05, 3.63) is 60.2 Å². The second-order valence-electron chi connectivity index (χ2n) is 5.65. The van der Waals surface area contributed by atoms with Gasteiger partial charge in [0.15, 0.2) is 0 Å². The molecule has 0 radical (unpaired) electrons. The molecule has 3 rings (SSSR count). The fraction of sp³-hybridized carbons (Fsp3) is 0.235. The van der Waals surface area contributed by atoms with Crippen molar-refractivity contribution >= 4 is 21.7 Å². The van der Waals surface area contributed by atoms with E-state index in [1.165, 1.54) is 17.0 Å². The summed E-state index contributed by atoms with van der Waals surface area (Å²) in [6, 6.07) is 14.7. The van der Waals surface area contributed by atoms with Crippen molar-refractivity contribution in [2.24, 2.45) is 0 Å². The summed E-state index contributed by atoms with van der Waals surface area (Å²) in [6.07, 6.45) is 0. The van der Waals surface area contributed by atoms with Gasteiger partial charge in [0, 0.05) is 12.7 Å². The van der Waals surface area contributed by atoms with E-state index in [2.05, 4.69) is 0 Å². The van der Waals surface area contributed by atoms with Gasteiger partial charge in [0.2, 0.25) is 5.91 Å². The van der Waals surface area contributed by atoms with Crippen LogP contribution in [-0.2, 0) is 24.5 Å². The molecule has 24 heavy (non-hydrogen) atoms. The molecular formula is C17H17NO5S. The summed E-state index contributed by atoms with van der Waals surface area (Å²) in [5.41, 5.74) is -0.228. The van der Waals surface area contributed by atoms with E-state index in [-0.39, 0.29) is 4.90 Å². The molecule has 1 amide bonds. The Morgan fingerprint density at radius 2 is 1.71 bits per heavy atom. The van der Waals surface area contributed by atoms with Crippen LogP contribution in [0.4, 0.5) is 5.69 Å². The Morgan fingerprint density at radius 1 is 1.08 bits per heavy atom. The minimum atomic E-state index is -4.02. The minimum Gasteiger partial charge on any atom is -0.395 e. The Hall–Kier alpha value is -2.22. The van der Waals surface area contributed by atoms with Crippen LogP contribution >= 0.6 is 0 Å². The quantitative estimate of drug-likeness (QED) is 0.824. The van der Waals surface area contributed by atoms with Crippen molar-refractivity contribution in [2.75, 3.05) is 25.2 Å². The molecule has 126 valence electrons. The summed E-state index contributed by atoms with van der Waals surface area (Å²) < 4.78 is 29.8. The minimum absolute atomic E-state index is 0.00479. The maximum atomic E-state index is 12.7. The zero-order chi connectivity index (χ0) is 17.4. The Balaban J connectivity index is 1.95. The number of aliphatic hydroxyl groups is 1. The first-order valence-electron chi connectivity index (χ1n) is 7.35. The molecule has 2 aromatic rings. The summed E-state index contributed by atoms with van der Waals surface area (Å²) >= 11 is 0. The fourth-order valence-corrected chi connectivity index (χ4v) is 3.87. The molecule has 0 saturated heterocycles. The number of hydrogen-bond donors (Lipinski definition) is 1. The number of aliphatic hydroxyl groups excluding tert-OH is 1.